The number of morpholine rings is 1. The van der Waals surface area contributed by atoms with E-state index in [1.807, 2.05) is 0 Å². The average molecular weight is 366 g/mol. The summed E-state index contributed by atoms with van der Waals surface area (Å²) in [7, 11) is 0. The van der Waals surface area contributed by atoms with Crippen LogP contribution in [0.2, 0.25) is 0 Å². The van der Waals surface area contributed by atoms with Crippen LogP contribution in [-0.2, 0) is 16.1 Å². The van der Waals surface area contributed by atoms with Crippen LogP contribution in [0, 0.1) is 13.8 Å². The summed E-state index contributed by atoms with van der Waals surface area (Å²) >= 11 is 1.59. The molecular formula is C19H31N3O2S. The van der Waals surface area contributed by atoms with Gasteiger partial charge in [0.1, 0.15) is 0 Å². The molecule has 1 aromatic heterocycles. The number of thioether (sulfide) groups is 1. The first kappa shape index (κ1) is 18.8. The van der Waals surface area contributed by atoms with Gasteiger partial charge < -0.3 is 14.2 Å². The van der Waals surface area contributed by atoms with Crippen molar-refractivity contribution in [1.82, 2.24) is 14.5 Å². The van der Waals surface area contributed by atoms with Crippen LogP contribution < -0.4 is 0 Å². The molecule has 5 nitrogen and oxygen atoms in total. The zero-order valence-corrected chi connectivity index (χ0v) is 16.6. The molecule has 0 aromatic carbocycles. The van der Waals surface area contributed by atoms with Gasteiger partial charge in [-0.1, -0.05) is 37.9 Å². The molecule has 1 amide bonds. The lowest BCUT2D eigenvalue weighted by molar-refractivity contribution is -0.146. The number of hydrogen-bond acceptors (Lipinski definition) is 4. The van der Waals surface area contributed by atoms with Gasteiger partial charge in [-0.05, 0) is 33.1 Å². The van der Waals surface area contributed by atoms with Crippen molar-refractivity contribution in [3.63, 3.8) is 0 Å². The van der Waals surface area contributed by atoms with Gasteiger partial charge in [-0.25, -0.2) is 4.98 Å². The molecule has 1 aliphatic heterocycles. The van der Waals surface area contributed by atoms with Crippen LogP contribution >= 0.6 is 11.8 Å². The van der Waals surface area contributed by atoms with E-state index in [0.717, 1.165) is 49.6 Å². The Balaban J connectivity index is 1.63. The van der Waals surface area contributed by atoms with Gasteiger partial charge in [-0.3, -0.25) is 4.79 Å². The molecule has 6 heteroatoms. The van der Waals surface area contributed by atoms with Gasteiger partial charge in [0, 0.05) is 18.8 Å². The van der Waals surface area contributed by atoms with Crippen molar-refractivity contribution >= 4 is 17.7 Å². The van der Waals surface area contributed by atoms with Crippen molar-refractivity contribution in [3.05, 3.63) is 11.4 Å². The summed E-state index contributed by atoms with van der Waals surface area (Å²) in [5, 5.41) is 0.991. The maximum atomic E-state index is 12.9. The van der Waals surface area contributed by atoms with E-state index < -0.39 is 0 Å². The van der Waals surface area contributed by atoms with Crippen LogP contribution in [0.4, 0.5) is 0 Å². The van der Waals surface area contributed by atoms with E-state index in [-0.39, 0.29) is 12.0 Å². The third-order valence-electron chi connectivity index (χ3n) is 5.54. The molecule has 2 aliphatic rings. The Bertz CT molecular complexity index is 600. The second-order valence-corrected chi connectivity index (χ2v) is 8.15. The number of amides is 1. The minimum Gasteiger partial charge on any atom is -0.374 e. The van der Waals surface area contributed by atoms with E-state index in [0.29, 0.717) is 18.4 Å². The Kier molecular flexibility index (Phi) is 6.44. The molecule has 0 unspecified atom stereocenters. The van der Waals surface area contributed by atoms with E-state index in [2.05, 4.69) is 30.2 Å². The summed E-state index contributed by atoms with van der Waals surface area (Å²) in [4.78, 5) is 19.6. The lowest BCUT2D eigenvalue weighted by Gasteiger charge is -2.43. The molecule has 1 saturated heterocycles. The quantitative estimate of drug-likeness (QED) is 0.723. The summed E-state index contributed by atoms with van der Waals surface area (Å²) in [6.07, 6.45) is 7.19. The summed E-state index contributed by atoms with van der Waals surface area (Å²) < 4.78 is 8.17. The predicted octanol–water partition coefficient (Wildman–Crippen LogP) is 3.56. The Labute approximate surface area is 155 Å². The fraction of sp³-hybridized carbons (Fsp3) is 0.789. The molecule has 0 N–H and O–H groups in total. The fourth-order valence-corrected chi connectivity index (χ4v) is 4.93. The molecule has 140 valence electrons. The van der Waals surface area contributed by atoms with Crippen molar-refractivity contribution in [2.24, 2.45) is 0 Å². The molecule has 25 heavy (non-hydrogen) atoms. The van der Waals surface area contributed by atoms with Crippen LogP contribution in [0.5, 0.6) is 0 Å². The molecule has 0 bridgehead atoms. The number of aromatic nitrogens is 2. The largest absolute Gasteiger partial charge is 0.374 e. The molecule has 1 saturated carbocycles. The standard InChI is InChI=1S/C19H31N3O2S/c1-4-5-10-21-15(3)14(2)20-19(21)25-13-18(23)22-11-12-24-17-9-7-6-8-16(17)22/h16-17H,4-13H2,1-3H3/t16-,17+/m1/s1. The highest BCUT2D eigenvalue weighted by molar-refractivity contribution is 7.99. The van der Waals surface area contributed by atoms with E-state index in [1.54, 1.807) is 11.8 Å². The van der Waals surface area contributed by atoms with Crippen LogP contribution in [0.1, 0.15) is 56.8 Å². The molecule has 2 fully saturated rings. The first-order chi connectivity index (χ1) is 12.1. The van der Waals surface area contributed by atoms with Crippen LogP contribution in [0.3, 0.4) is 0 Å². The van der Waals surface area contributed by atoms with E-state index in [4.69, 9.17) is 9.72 Å². The topological polar surface area (TPSA) is 47.4 Å². The summed E-state index contributed by atoms with van der Waals surface area (Å²) in [6, 6.07) is 0.291. The second kappa shape index (κ2) is 8.58. The Hall–Kier alpha value is -1.01. The van der Waals surface area contributed by atoms with E-state index >= 15 is 0 Å². The van der Waals surface area contributed by atoms with Gasteiger partial charge >= 0.3 is 0 Å². The summed E-state index contributed by atoms with van der Waals surface area (Å²) in [5.41, 5.74) is 2.30. The molecule has 0 spiro atoms. The minimum absolute atomic E-state index is 0.241. The summed E-state index contributed by atoms with van der Waals surface area (Å²) in [5.74, 6) is 0.719. The number of carbonyl (C=O) groups excluding carboxylic acids is 1. The van der Waals surface area contributed by atoms with Gasteiger partial charge in [0.05, 0.1) is 30.2 Å². The Morgan fingerprint density at radius 1 is 1.32 bits per heavy atom. The molecular weight excluding hydrogens is 334 g/mol. The van der Waals surface area contributed by atoms with Gasteiger partial charge in [-0.15, -0.1) is 0 Å². The number of ether oxygens (including phenoxy) is 1. The Morgan fingerprint density at radius 2 is 2.12 bits per heavy atom. The lowest BCUT2D eigenvalue weighted by Crippen LogP contribution is -2.55. The number of imidazole rings is 1. The number of fused-ring (bicyclic) bond motifs is 1. The molecule has 2 atom stereocenters. The third kappa shape index (κ3) is 4.22. The average Bonchev–Trinajstić information content (AvgIpc) is 2.91. The van der Waals surface area contributed by atoms with Crippen molar-refractivity contribution in [2.75, 3.05) is 18.9 Å². The highest BCUT2D eigenvalue weighted by atomic mass is 32.2. The van der Waals surface area contributed by atoms with E-state index in [9.17, 15) is 4.79 Å². The van der Waals surface area contributed by atoms with Crippen molar-refractivity contribution in [1.29, 1.82) is 0 Å². The third-order valence-corrected chi connectivity index (χ3v) is 6.50. The predicted molar refractivity (Wildman–Crippen MR) is 101 cm³/mol. The molecule has 0 radical (unpaired) electrons. The van der Waals surface area contributed by atoms with Crippen LogP contribution in [0.15, 0.2) is 5.16 Å². The number of carbonyl (C=O) groups is 1. The first-order valence-electron chi connectivity index (χ1n) is 9.69. The highest BCUT2D eigenvalue weighted by Crippen LogP contribution is 2.29. The zero-order chi connectivity index (χ0) is 17.8. The van der Waals surface area contributed by atoms with Crippen LogP contribution in [-0.4, -0.2) is 51.4 Å². The molecule has 1 aromatic rings. The molecule has 2 heterocycles. The van der Waals surface area contributed by atoms with E-state index in [1.165, 1.54) is 18.5 Å². The smallest absolute Gasteiger partial charge is 0.233 e. The SMILES string of the molecule is CCCCn1c(SCC(=O)N2CCO[C@H]3CCCC[C@H]32)nc(C)c1C. The molecule has 1 aliphatic carbocycles. The maximum absolute atomic E-state index is 12.9. The van der Waals surface area contributed by atoms with Crippen molar-refractivity contribution in [2.45, 2.75) is 83.1 Å². The van der Waals surface area contributed by atoms with Crippen molar-refractivity contribution < 1.29 is 9.53 Å². The first-order valence-corrected chi connectivity index (χ1v) is 10.7. The highest BCUT2D eigenvalue weighted by Gasteiger charge is 2.36. The number of hydrogen-bond donors (Lipinski definition) is 0. The van der Waals surface area contributed by atoms with Crippen molar-refractivity contribution in [3.8, 4) is 0 Å². The fourth-order valence-electron chi connectivity index (χ4n) is 3.93. The Morgan fingerprint density at radius 3 is 2.92 bits per heavy atom. The maximum Gasteiger partial charge on any atom is 0.233 e. The monoisotopic (exact) mass is 365 g/mol. The number of unbranched alkanes of at least 4 members (excludes halogenated alkanes) is 1. The number of nitrogens with zero attached hydrogens (tertiary/aromatic N) is 3. The number of rotatable bonds is 6. The van der Waals surface area contributed by atoms with Gasteiger partial charge in [0.25, 0.3) is 0 Å². The number of aryl methyl sites for hydroxylation is 1. The van der Waals surface area contributed by atoms with Gasteiger partial charge in [0.2, 0.25) is 5.91 Å². The molecule has 3 rings (SSSR count). The van der Waals surface area contributed by atoms with Gasteiger partial charge in [-0.2, -0.15) is 0 Å². The van der Waals surface area contributed by atoms with Gasteiger partial charge in [0.15, 0.2) is 5.16 Å². The second-order valence-electron chi connectivity index (χ2n) is 7.21. The van der Waals surface area contributed by atoms with Crippen LogP contribution in [0.25, 0.3) is 0 Å². The zero-order valence-electron chi connectivity index (χ0n) is 15.8. The summed E-state index contributed by atoms with van der Waals surface area (Å²) in [6.45, 7) is 8.79. The lowest BCUT2D eigenvalue weighted by atomic mass is 9.90. The normalized spacial score (nSPS) is 23.6. The minimum atomic E-state index is 0.241.